The lowest BCUT2D eigenvalue weighted by atomic mass is 9.94. The van der Waals surface area contributed by atoms with Gasteiger partial charge in [-0.3, -0.25) is 9.78 Å². The zero-order chi connectivity index (χ0) is 13.3. The molecule has 3 rings (SSSR count). The number of aromatic nitrogens is 1. The van der Waals surface area contributed by atoms with Gasteiger partial charge >= 0.3 is 0 Å². The fraction of sp³-hybridized carbons (Fsp3) is 0.375. The molecule has 1 unspecified atom stereocenters. The van der Waals surface area contributed by atoms with E-state index in [2.05, 4.69) is 18.0 Å². The number of rotatable bonds is 3. The van der Waals surface area contributed by atoms with Crippen molar-refractivity contribution in [3.63, 3.8) is 0 Å². The van der Waals surface area contributed by atoms with E-state index in [1.807, 2.05) is 36.0 Å². The summed E-state index contributed by atoms with van der Waals surface area (Å²) in [5.41, 5.74) is 2.07. The van der Waals surface area contributed by atoms with Gasteiger partial charge < -0.3 is 0 Å². The largest absolute Gasteiger partial charge is 0.298 e. The van der Waals surface area contributed by atoms with Gasteiger partial charge in [0.1, 0.15) is 0 Å². The molecule has 0 aliphatic carbocycles. The molecule has 0 saturated carbocycles. The third-order valence-electron chi connectivity index (χ3n) is 3.90. The minimum atomic E-state index is -0.176. The number of para-hydroxylation sites is 1. The first-order valence-corrected chi connectivity index (χ1v) is 7.67. The average molecular weight is 271 g/mol. The van der Waals surface area contributed by atoms with Crippen molar-refractivity contribution in [2.45, 2.75) is 30.9 Å². The summed E-state index contributed by atoms with van der Waals surface area (Å²) in [5, 5.41) is 1.10. The molecule has 98 valence electrons. The van der Waals surface area contributed by atoms with E-state index in [9.17, 15) is 4.79 Å². The van der Waals surface area contributed by atoms with E-state index in [-0.39, 0.29) is 4.75 Å². The van der Waals surface area contributed by atoms with E-state index in [0.29, 0.717) is 12.2 Å². The van der Waals surface area contributed by atoms with Gasteiger partial charge in [0.15, 0.2) is 5.78 Å². The lowest BCUT2D eigenvalue weighted by Gasteiger charge is -2.21. The molecule has 2 heterocycles. The predicted octanol–water partition coefficient (Wildman–Crippen LogP) is 3.63. The number of carbonyl (C=O) groups is 1. The van der Waals surface area contributed by atoms with Gasteiger partial charge in [0.05, 0.1) is 10.3 Å². The Balaban J connectivity index is 1.91. The lowest BCUT2D eigenvalue weighted by Crippen LogP contribution is -2.30. The summed E-state index contributed by atoms with van der Waals surface area (Å²) in [5.74, 6) is 1.46. The van der Waals surface area contributed by atoms with E-state index < -0.39 is 0 Å². The van der Waals surface area contributed by atoms with Gasteiger partial charge in [0, 0.05) is 18.0 Å². The van der Waals surface area contributed by atoms with Gasteiger partial charge in [0.2, 0.25) is 0 Å². The Bertz CT molecular complexity index is 612. The molecular formula is C16H17NOS. The number of pyridine rings is 1. The number of carbonyl (C=O) groups excluding carboxylic acids is 1. The third kappa shape index (κ3) is 2.39. The number of fused-ring (bicyclic) bond motifs is 1. The van der Waals surface area contributed by atoms with Crippen molar-refractivity contribution in [2.75, 3.05) is 5.75 Å². The van der Waals surface area contributed by atoms with Gasteiger partial charge in [-0.2, -0.15) is 0 Å². The lowest BCUT2D eigenvalue weighted by molar-refractivity contribution is -0.120. The number of ketones is 1. The molecule has 1 aliphatic heterocycles. The van der Waals surface area contributed by atoms with E-state index >= 15 is 0 Å². The molecule has 1 aliphatic rings. The van der Waals surface area contributed by atoms with Gasteiger partial charge in [-0.1, -0.05) is 18.2 Å². The molecule has 1 aromatic heterocycles. The van der Waals surface area contributed by atoms with Gasteiger partial charge in [0.25, 0.3) is 0 Å². The fourth-order valence-corrected chi connectivity index (χ4v) is 3.93. The zero-order valence-corrected chi connectivity index (χ0v) is 11.9. The van der Waals surface area contributed by atoms with Crippen molar-refractivity contribution in [1.82, 2.24) is 4.98 Å². The Morgan fingerprint density at radius 3 is 3.00 bits per heavy atom. The first kappa shape index (κ1) is 12.7. The summed E-state index contributed by atoms with van der Waals surface area (Å²) in [7, 11) is 0. The normalized spacial score (nSPS) is 22.8. The Morgan fingerprint density at radius 2 is 2.21 bits per heavy atom. The van der Waals surface area contributed by atoms with Crippen molar-refractivity contribution >= 4 is 28.4 Å². The second-order valence-electron chi connectivity index (χ2n) is 5.27. The monoisotopic (exact) mass is 271 g/mol. The Kier molecular flexibility index (Phi) is 3.31. The number of Topliss-reactive ketones (excluding diaryl/α,β-unsaturated/α-hetero) is 1. The summed E-state index contributed by atoms with van der Waals surface area (Å²) in [6.07, 6.45) is 4.49. The Labute approximate surface area is 117 Å². The molecule has 1 aromatic carbocycles. The molecule has 1 saturated heterocycles. The molecule has 2 aromatic rings. The first-order valence-electron chi connectivity index (χ1n) is 6.69. The van der Waals surface area contributed by atoms with Crippen molar-refractivity contribution in [3.8, 4) is 0 Å². The number of hydrogen-bond acceptors (Lipinski definition) is 3. The summed E-state index contributed by atoms with van der Waals surface area (Å²) >= 11 is 1.81. The van der Waals surface area contributed by atoms with E-state index in [1.54, 1.807) is 6.20 Å². The van der Waals surface area contributed by atoms with Crippen LogP contribution in [-0.2, 0) is 11.2 Å². The molecule has 2 nitrogen and oxygen atoms in total. The van der Waals surface area contributed by atoms with Crippen LogP contribution in [0, 0.1) is 0 Å². The van der Waals surface area contributed by atoms with Crippen molar-refractivity contribution in [2.24, 2.45) is 0 Å². The molecule has 19 heavy (non-hydrogen) atoms. The molecule has 1 atom stereocenters. The molecular weight excluding hydrogens is 254 g/mol. The van der Waals surface area contributed by atoms with E-state index in [1.165, 1.54) is 0 Å². The zero-order valence-electron chi connectivity index (χ0n) is 11.1. The maximum absolute atomic E-state index is 12.5. The maximum Gasteiger partial charge on any atom is 0.152 e. The highest BCUT2D eigenvalue weighted by Crippen LogP contribution is 2.39. The predicted molar refractivity (Wildman–Crippen MR) is 80.6 cm³/mol. The Morgan fingerprint density at radius 1 is 1.37 bits per heavy atom. The van der Waals surface area contributed by atoms with Gasteiger partial charge in [-0.25, -0.2) is 0 Å². The molecule has 1 fully saturated rings. The van der Waals surface area contributed by atoms with E-state index in [4.69, 9.17) is 0 Å². The SMILES string of the molecule is CC1(C(=O)Cc2ccnc3ccccc23)CCCS1. The van der Waals surface area contributed by atoms with Crippen LogP contribution in [0.1, 0.15) is 25.3 Å². The molecule has 0 radical (unpaired) electrons. The summed E-state index contributed by atoms with van der Waals surface area (Å²) in [6.45, 7) is 2.09. The smallest absolute Gasteiger partial charge is 0.152 e. The average Bonchev–Trinajstić information content (AvgIpc) is 2.87. The second-order valence-corrected chi connectivity index (χ2v) is 6.87. The van der Waals surface area contributed by atoms with Crippen LogP contribution in [-0.4, -0.2) is 21.3 Å². The minimum absolute atomic E-state index is 0.176. The maximum atomic E-state index is 12.5. The van der Waals surface area contributed by atoms with Crippen LogP contribution < -0.4 is 0 Å². The van der Waals surface area contributed by atoms with E-state index in [0.717, 1.165) is 35.1 Å². The van der Waals surface area contributed by atoms with Crippen LogP contribution in [0.15, 0.2) is 36.5 Å². The molecule has 0 spiro atoms. The number of hydrogen-bond donors (Lipinski definition) is 0. The van der Waals surface area contributed by atoms with Crippen LogP contribution in [0.5, 0.6) is 0 Å². The highest BCUT2D eigenvalue weighted by Gasteiger charge is 2.36. The summed E-state index contributed by atoms with van der Waals surface area (Å²) in [4.78, 5) is 16.9. The topological polar surface area (TPSA) is 30.0 Å². The van der Waals surface area contributed by atoms with Crippen molar-refractivity contribution in [1.29, 1.82) is 0 Å². The quantitative estimate of drug-likeness (QED) is 0.854. The molecule has 0 bridgehead atoms. The van der Waals surface area contributed by atoms with Gasteiger partial charge in [-0.15, -0.1) is 11.8 Å². The summed E-state index contributed by atoms with van der Waals surface area (Å²) < 4.78 is -0.176. The van der Waals surface area contributed by atoms with Crippen LogP contribution >= 0.6 is 11.8 Å². The fourth-order valence-electron chi connectivity index (χ4n) is 2.67. The third-order valence-corrected chi connectivity index (χ3v) is 5.46. The number of benzene rings is 1. The first-order chi connectivity index (χ1) is 9.19. The van der Waals surface area contributed by atoms with Gasteiger partial charge in [-0.05, 0) is 43.2 Å². The molecule has 0 N–H and O–H groups in total. The van der Waals surface area contributed by atoms with Crippen molar-refractivity contribution < 1.29 is 4.79 Å². The minimum Gasteiger partial charge on any atom is -0.298 e. The highest BCUT2D eigenvalue weighted by molar-refractivity contribution is 8.01. The second kappa shape index (κ2) is 4.97. The number of thioether (sulfide) groups is 1. The van der Waals surface area contributed by atoms with Crippen LogP contribution in [0.2, 0.25) is 0 Å². The standard InChI is InChI=1S/C16H17NOS/c1-16(8-4-10-19-16)15(18)11-12-7-9-17-14-6-3-2-5-13(12)14/h2-3,5-7,9H,4,8,10-11H2,1H3. The van der Waals surface area contributed by atoms with Crippen LogP contribution in [0.4, 0.5) is 0 Å². The van der Waals surface area contributed by atoms with Crippen molar-refractivity contribution in [3.05, 3.63) is 42.1 Å². The van der Waals surface area contributed by atoms with Crippen LogP contribution in [0.25, 0.3) is 10.9 Å². The molecule has 3 heteroatoms. The number of nitrogens with zero attached hydrogens (tertiary/aromatic N) is 1. The summed E-state index contributed by atoms with van der Waals surface area (Å²) in [6, 6.07) is 10.0. The molecule has 0 amide bonds. The van der Waals surface area contributed by atoms with Crippen LogP contribution in [0.3, 0.4) is 0 Å². The highest BCUT2D eigenvalue weighted by atomic mass is 32.2. The Hall–Kier alpha value is -1.35.